The third-order valence-electron chi connectivity index (χ3n) is 3.31. The molecule has 1 aromatic carbocycles. The van der Waals surface area contributed by atoms with Crippen molar-refractivity contribution in [2.75, 3.05) is 13.3 Å². The minimum absolute atomic E-state index is 0.781. The lowest BCUT2D eigenvalue weighted by molar-refractivity contribution is 0.797. The molecule has 1 saturated heterocycles. The highest BCUT2D eigenvalue weighted by Crippen LogP contribution is 2.66. The molecule has 2 rings (SSSR count). The molecular formula is C14H22PS2+. The van der Waals surface area contributed by atoms with Crippen molar-refractivity contribution in [3.05, 3.63) is 30.3 Å². The third-order valence-corrected chi connectivity index (χ3v) is 12.3. The van der Waals surface area contributed by atoms with Gasteiger partial charge in [0.05, 0.1) is 25.9 Å². The van der Waals surface area contributed by atoms with Crippen LogP contribution >= 0.6 is 30.8 Å². The van der Waals surface area contributed by atoms with Crippen molar-refractivity contribution in [1.82, 2.24) is 0 Å². The van der Waals surface area contributed by atoms with Crippen LogP contribution in [0.2, 0.25) is 0 Å². The van der Waals surface area contributed by atoms with Crippen molar-refractivity contribution in [3.63, 3.8) is 0 Å². The Morgan fingerprint density at radius 3 is 2.06 bits per heavy atom. The van der Waals surface area contributed by atoms with Gasteiger partial charge in [-0.2, -0.15) is 0 Å². The van der Waals surface area contributed by atoms with E-state index in [2.05, 4.69) is 81.0 Å². The Labute approximate surface area is 115 Å². The summed E-state index contributed by atoms with van der Waals surface area (Å²) in [6.07, 6.45) is 1.36. The Morgan fingerprint density at radius 1 is 1.00 bits per heavy atom. The summed E-state index contributed by atoms with van der Waals surface area (Å²) < 4.78 is 0.781. The number of hydrogen-bond donors (Lipinski definition) is 0. The molecule has 0 aliphatic carbocycles. The number of benzene rings is 1. The summed E-state index contributed by atoms with van der Waals surface area (Å²) >= 11 is 4.41. The first kappa shape index (κ1) is 13.8. The Bertz CT molecular complexity index is 354. The van der Waals surface area contributed by atoms with Gasteiger partial charge in [-0.3, -0.25) is 0 Å². The van der Waals surface area contributed by atoms with Crippen molar-refractivity contribution in [3.8, 4) is 0 Å². The van der Waals surface area contributed by atoms with Gasteiger partial charge in [0, 0.05) is 10.5 Å². The Morgan fingerprint density at radius 2 is 1.53 bits per heavy atom. The normalized spacial score (nSPS) is 30.2. The average molecular weight is 285 g/mol. The molecule has 0 radical (unpaired) electrons. The average Bonchev–Trinajstić information content (AvgIpc) is 2.29. The van der Waals surface area contributed by atoms with Crippen LogP contribution in [0.1, 0.15) is 20.3 Å². The summed E-state index contributed by atoms with van der Waals surface area (Å²) in [6, 6.07) is 11.1. The molecule has 0 nitrogen and oxygen atoms in total. The van der Waals surface area contributed by atoms with E-state index in [0.717, 1.165) is 14.8 Å². The second-order valence-electron chi connectivity index (χ2n) is 5.31. The molecule has 0 bridgehead atoms. The maximum absolute atomic E-state index is 2.50. The number of rotatable bonds is 2. The van der Waals surface area contributed by atoms with Gasteiger partial charge in [0.1, 0.15) is 0 Å². The van der Waals surface area contributed by atoms with Gasteiger partial charge in [0.15, 0.2) is 4.32 Å². The monoisotopic (exact) mass is 285 g/mol. The smallest absolute Gasteiger partial charge is 0.104 e. The SMILES string of the molecule is C[C@@H]1C[C@H](C)SC([P+](C)(C)c2ccccc2)S1. The van der Waals surface area contributed by atoms with Gasteiger partial charge >= 0.3 is 0 Å². The molecule has 1 aromatic rings. The molecule has 0 N–H and O–H groups in total. The van der Waals surface area contributed by atoms with Gasteiger partial charge in [-0.15, -0.1) is 23.5 Å². The zero-order chi connectivity index (χ0) is 12.5. The van der Waals surface area contributed by atoms with Crippen LogP contribution in [0.4, 0.5) is 0 Å². The van der Waals surface area contributed by atoms with Crippen LogP contribution in [0.3, 0.4) is 0 Å². The fourth-order valence-electron chi connectivity index (χ4n) is 2.25. The molecule has 3 atom stereocenters. The lowest BCUT2D eigenvalue weighted by atomic mass is 10.3. The molecule has 1 aliphatic rings. The van der Waals surface area contributed by atoms with E-state index in [1.54, 1.807) is 5.30 Å². The topological polar surface area (TPSA) is 0 Å². The molecule has 0 aromatic heterocycles. The van der Waals surface area contributed by atoms with Crippen LogP contribution in [-0.4, -0.2) is 28.2 Å². The van der Waals surface area contributed by atoms with Crippen LogP contribution in [0.25, 0.3) is 0 Å². The van der Waals surface area contributed by atoms with Gasteiger partial charge < -0.3 is 0 Å². The lowest BCUT2D eigenvalue weighted by Crippen LogP contribution is -2.25. The van der Waals surface area contributed by atoms with Gasteiger partial charge in [-0.05, 0) is 18.6 Å². The summed E-state index contributed by atoms with van der Waals surface area (Å²) in [6.45, 7) is 9.77. The molecular weight excluding hydrogens is 263 g/mol. The molecule has 0 saturated carbocycles. The van der Waals surface area contributed by atoms with Gasteiger partial charge in [0.25, 0.3) is 0 Å². The minimum atomic E-state index is -1.02. The summed E-state index contributed by atoms with van der Waals surface area (Å²) in [5, 5.41) is 3.21. The van der Waals surface area contributed by atoms with Crippen molar-refractivity contribution < 1.29 is 0 Å². The van der Waals surface area contributed by atoms with E-state index in [4.69, 9.17) is 0 Å². The zero-order valence-corrected chi connectivity index (χ0v) is 13.6. The van der Waals surface area contributed by atoms with Crippen molar-refractivity contribution >= 4 is 36.1 Å². The highest BCUT2D eigenvalue weighted by molar-refractivity contribution is 8.27. The van der Waals surface area contributed by atoms with Gasteiger partial charge in [-0.1, -0.05) is 32.0 Å². The van der Waals surface area contributed by atoms with Crippen LogP contribution in [-0.2, 0) is 0 Å². The maximum atomic E-state index is 2.50. The fraction of sp³-hybridized carbons (Fsp3) is 0.571. The quantitative estimate of drug-likeness (QED) is 0.733. The second-order valence-corrected chi connectivity index (χ2v) is 13.5. The standard InChI is InChI=1S/C14H22PS2/c1-11-10-12(2)17-14(16-11)15(3,4)13-8-6-5-7-9-13/h5-9,11-12,14H,10H2,1-4H3/q+1/t11-,12+,14?. The Kier molecular flexibility index (Phi) is 4.50. The van der Waals surface area contributed by atoms with Gasteiger partial charge in [-0.25, -0.2) is 0 Å². The van der Waals surface area contributed by atoms with E-state index in [0.29, 0.717) is 0 Å². The van der Waals surface area contributed by atoms with Crippen molar-refractivity contribution in [2.24, 2.45) is 0 Å². The van der Waals surface area contributed by atoms with Crippen molar-refractivity contribution in [1.29, 1.82) is 0 Å². The van der Waals surface area contributed by atoms with Crippen molar-refractivity contribution in [2.45, 2.75) is 35.1 Å². The molecule has 94 valence electrons. The second kappa shape index (κ2) is 5.55. The first-order valence-corrected chi connectivity index (χ1v) is 10.8. The summed E-state index contributed by atoms with van der Waals surface area (Å²) in [5.41, 5.74) is 0. The van der Waals surface area contributed by atoms with E-state index in [9.17, 15) is 0 Å². The fourth-order valence-corrected chi connectivity index (χ4v) is 11.0. The summed E-state index contributed by atoms with van der Waals surface area (Å²) in [7, 11) is -1.02. The maximum Gasteiger partial charge on any atom is 0.164 e. The van der Waals surface area contributed by atoms with Crippen LogP contribution < -0.4 is 5.30 Å². The van der Waals surface area contributed by atoms with Crippen LogP contribution in [0.15, 0.2) is 30.3 Å². The first-order valence-electron chi connectivity index (χ1n) is 6.20. The Balaban J connectivity index is 2.20. The molecule has 17 heavy (non-hydrogen) atoms. The zero-order valence-electron chi connectivity index (χ0n) is 11.1. The lowest BCUT2D eigenvalue weighted by Gasteiger charge is -2.35. The summed E-state index contributed by atoms with van der Waals surface area (Å²) in [4.78, 5) is 0. The molecule has 1 fully saturated rings. The minimum Gasteiger partial charge on any atom is -0.104 e. The molecule has 0 amide bonds. The van der Waals surface area contributed by atoms with Crippen LogP contribution in [0, 0.1) is 0 Å². The van der Waals surface area contributed by atoms with Gasteiger partial charge in [0.2, 0.25) is 0 Å². The first-order chi connectivity index (χ1) is 8.00. The van der Waals surface area contributed by atoms with E-state index < -0.39 is 7.26 Å². The van der Waals surface area contributed by atoms with E-state index >= 15 is 0 Å². The summed E-state index contributed by atoms with van der Waals surface area (Å²) in [5.74, 6) is 0. The van der Waals surface area contributed by atoms with Crippen LogP contribution in [0.5, 0.6) is 0 Å². The molecule has 0 spiro atoms. The molecule has 1 heterocycles. The van der Waals surface area contributed by atoms with E-state index in [1.165, 1.54) is 6.42 Å². The van der Waals surface area contributed by atoms with E-state index in [1.807, 2.05) is 0 Å². The number of hydrogen-bond acceptors (Lipinski definition) is 2. The molecule has 1 aliphatic heterocycles. The highest BCUT2D eigenvalue weighted by atomic mass is 32.2. The highest BCUT2D eigenvalue weighted by Gasteiger charge is 2.43. The largest absolute Gasteiger partial charge is 0.164 e. The number of thioether (sulfide) groups is 2. The molecule has 1 unspecified atom stereocenters. The molecule has 3 heteroatoms. The Hall–Kier alpha value is 0.350. The predicted octanol–water partition coefficient (Wildman–Crippen LogP) is 4.52. The predicted molar refractivity (Wildman–Crippen MR) is 87.4 cm³/mol. The third kappa shape index (κ3) is 3.22. The van der Waals surface area contributed by atoms with E-state index in [-0.39, 0.29) is 0 Å².